The number of oxazole rings is 1. The minimum absolute atomic E-state index is 0.255. The predicted molar refractivity (Wildman–Crippen MR) is 95.3 cm³/mol. The van der Waals surface area contributed by atoms with Crippen molar-refractivity contribution in [3.63, 3.8) is 0 Å². The zero-order valence-corrected chi connectivity index (χ0v) is 13.8. The van der Waals surface area contributed by atoms with E-state index in [-0.39, 0.29) is 5.82 Å². The lowest BCUT2D eigenvalue weighted by molar-refractivity contribution is 0.556. The monoisotopic (exact) mass is 352 g/mol. The highest BCUT2D eigenvalue weighted by atomic mass is 32.2. The lowest BCUT2D eigenvalue weighted by Gasteiger charge is -1.91. The van der Waals surface area contributed by atoms with E-state index in [0.717, 1.165) is 16.7 Å². The molecular formula is C18H13FN4OS. The zero-order chi connectivity index (χ0) is 17.1. The summed E-state index contributed by atoms with van der Waals surface area (Å²) >= 11 is 1.44. The molecule has 1 N–H and O–H groups in total. The van der Waals surface area contributed by atoms with Crippen LogP contribution in [-0.2, 0) is 5.75 Å². The number of aromatic nitrogens is 4. The summed E-state index contributed by atoms with van der Waals surface area (Å²) in [5, 5.41) is 7.63. The van der Waals surface area contributed by atoms with Crippen molar-refractivity contribution in [1.29, 1.82) is 0 Å². The predicted octanol–water partition coefficient (Wildman–Crippen LogP) is 4.55. The molecule has 0 saturated heterocycles. The highest BCUT2D eigenvalue weighted by molar-refractivity contribution is 7.98. The Morgan fingerprint density at radius 3 is 2.72 bits per heavy atom. The fourth-order valence-corrected chi connectivity index (χ4v) is 2.90. The molecule has 5 nitrogen and oxygen atoms in total. The van der Waals surface area contributed by atoms with Gasteiger partial charge in [0.1, 0.15) is 17.2 Å². The van der Waals surface area contributed by atoms with Gasteiger partial charge in [-0.05, 0) is 35.9 Å². The van der Waals surface area contributed by atoms with E-state index in [2.05, 4.69) is 20.2 Å². The Morgan fingerprint density at radius 2 is 1.88 bits per heavy atom. The van der Waals surface area contributed by atoms with Gasteiger partial charge in [-0.3, -0.25) is 5.10 Å². The average Bonchev–Trinajstić information content (AvgIpc) is 3.25. The summed E-state index contributed by atoms with van der Waals surface area (Å²) in [7, 11) is 0. The molecule has 0 unspecified atom stereocenters. The second-order valence-electron chi connectivity index (χ2n) is 5.25. The van der Waals surface area contributed by atoms with Crippen LogP contribution in [0.15, 0.2) is 58.1 Å². The van der Waals surface area contributed by atoms with Crippen LogP contribution in [0.1, 0.15) is 17.3 Å². The van der Waals surface area contributed by atoms with E-state index in [1.165, 1.54) is 23.9 Å². The normalized spacial score (nSPS) is 11.6. The Labute approximate surface area is 147 Å². The van der Waals surface area contributed by atoms with Gasteiger partial charge in [0.2, 0.25) is 11.0 Å². The van der Waals surface area contributed by atoms with Crippen LogP contribution in [0.2, 0.25) is 0 Å². The molecule has 2 aromatic heterocycles. The summed E-state index contributed by atoms with van der Waals surface area (Å²) in [5.41, 5.74) is 2.51. The Hall–Kier alpha value is -2.93. The average molecular weight is 352 g/mol. The Morgan fingerprint density at radius 1 is 1.04 bits per heavy atom. The Bertz CT molecular complexity index is 990. The number of para-hydroxylation sites is 2. The van der Waals surface area contributed by atoms with Crippen LogP contribution >= 0.6 is 11.8 Å². The molecule has 0 saturated carbocycles. The largest absolute Gasteiger partial charge is 0.440 e. The SMILES string of the molecule is Fc1ccc(/C=C/c2nc(SCc3nc4ccccc4o3)n[nH]2)cc1. The maximum atomic E-state index is 12.9. The van der Waals surface area contributed by atoms with Crippen molar-refractivity contribution in [1.82, 2.24) is 20.2 Å². The minimum Gasteiger partial charge on any atom is -0.440 e. The second kappa shape index (κ2) is 6.90. The number of thioether (sulfide) groups is 1. The zero-order valence-electron chi connectivity index (χ0n) is 13.0. The van der Waals surface area contributed by atoms with Crippen LogP contribution in [-0.4, -0.2) is 20.2 Å². The molecule has 0 radical (unpaired) electrons. The van der Waals surface area contributed by atoms with E-state index in [1.54, 1.807) is 18.2 Å². The van der Waals surface area contributed by atoms with Crippen molar-refractivity contribution in [2.24, 2.45) is 0 Å². The van der Waals surface area contributed by atoms with Gasteiger partial charge in [0.15, 0.2) is 5.58 Å². The second-order valence-corrected chi connectivity index (χ2v) is 6.19. The summed E-state index contributed by atoms with van der Waals surface area (Å²) < 4.78 is 18.5. The van der Waals surface area contributed by atoms with Crippen LogP contribution in [0.3, 0.4) is 0 Å². The van der Waals surface area contributed by atoms with E-state index in [0.29, 0.717) is 22.6 Å². The molecule has 4 rings (SSSR count). The third kappa shape index (κ3) is 3.77. The molecule has 0 amide bonds. The minimum atomic E-state index is -0.255. The molecule has 0 spiro atoms. The van der Waals surface area contributed by atoms with Gasteiger partial charge in [0, 0.05) is 0 Å². The fourth-order valence-electron chi connectivity index (χ4n) is 2.25. The van der Waals surface area contributed by atoms with E-state index < -0.39 is 0 Å². The topological polar surface area (TPSA) is 67.6 Å². The van der Waals surface area contributed by atoms with Crippen LogP contribution < -0.4 is 0 Å². The number of nitrogens with one attached hydrogen (secondary N) is 1. The number of aromatic amines is 1. The summed E-state index contributed by atoms with van der Waals surface area (Å²) in [5.74, 6) is 1.56. The number of halogens is 1. The number of hydrogen-bond donors (Lipinski definition) is 1. The van der Waals surface area contributed by atoms with Gasteiger partial charge in [-0.25, -0.2) is 14.4 Å². The fraction of sp³-hybridized carbons (Fsp3) is 0.0556. The number of fused-ring (bicyclic) bond motifs is 1. The summed E-state index contributed by atoms with van der Waals surface area (Å²) in [4.78, 5) is 8.80. The number of rotatable bonds is 5. The van der Waals surface area contributed by atoms with E-state index in [4.69, 9.17) is 4.42 Å². The van der Waals surface area contributed by atoms with Gasteiger partial charge in [0.25, 0.3) is 0 Å². The van der Waals surface area contributed by atoms with Gasteiger partial charge in [-0.1, -0.05) is 42.1 Å². The van der Waals surface area contributed by atoms with Crippen molar-refractivity contribution in [2.45, 2.75) is 10.9 Å². The van der Waals surface area contributed by atoms with Gasteiger partial charge in [-0.15, -0.1) is 5.10 Å². The molecule has 0 aliphatic heterocycles. The lowest BCUT2D eigenvalue weighted by Crippen LogP contribution is -1.81. The van der Waals surface area contributed by atoms with Crippen LogP contribution in [0.25, 0.3) is 23.3 Å². The highest BCUT2D eigenvalue weighted by Gasteiger charge is 2.08. The van der Waals surface area contributed by atoms with Gasteiger partial charge < -0.3 is 4.42 Å². The van der Waals surface area contributed by atoms with E-state index in [9.17, 15) is 4.39 Å². The highest BCUT2D eigenvalue weighted by Crippen LogP contribution is 2.22. The van der Waals surface area contributed by atoms with E-state index >= 15 is 0 Å². The first-order chi connectivity index (χ1) is 12.3. The maximum absolute atomic E-state index is 12.9. The molecule has 4 aromatic rings. The number of H-pyrrole nitrogens is 1. The molecule has 2 aromatic carbocycles. The lowest BCUT2D eigenvalue weighted by atomic mass is 10.2. The molecule has 7 heteroatoms. The van der Waals surface area contributed by atoms with Gasteiger partial charge in [-0.2, -0.15) is 0 Å². The maximum Gasteiger partial charge on any atom is 0.209 e. The van der Waals surface area contributed by atoms with Crippen molar-refractivity contribution in [3.8, 4) is 0 Å². The number of hydrogen-bond acceptors (Lipinski definition) is 5. The van der Waals surface area contributed by atoms with Crippen molar-refractivity contribution in [3.05, 3.63) is 71.6 Å². The molecule has 0 aliphatic rings. The first-order valence-electron chi connectivity index (χ1n) is 7.59. The van der Waals surface area contributed by atoms with Crippen molar-refractivity contribution in [2.75, 3.05) is 0 Å². The summed E-state index contributed by atoms with van der Waals surface area (Å²) in [6.45, 7) is 0. The molecule has 124 valence electrons. The van der Waals surface area contributed by atoms with Crippen LogP contribution in [0.5, 0.6) is 0 Å². The Kier molecular flexibility index (Phi) is 4.30. The molecular weight excluding hydrogens is 339 g/mol. The molecule has 0 atom stereocenters. The molecule has 0 aliphatic carbocycles. The molecule has 0 bridgehead atoms. The van der Waals surface area contributed by atoms with Gasteiger partial charge in [0.05, 0.1) is 5.75 Å². The molecule has 25 heavy (non-hydrogen) atoms. The molecule has 0 fully saturated rings. The summed E-state index contributed by atoms with van der Waals surface area (Å²) in [6, 6.07) is 13.9. The third-order valence-electron chi connectivity index (χ3n) is 3.45. The van der Waals surface area contributed by atoms with Crippen LogP contribution in [0.4, 0.5) is 4.39 Å². The van der Waals surface area contributed by atoms with Gasteiger partial charge >= 0.3 is 0 Å². The standard InChI is InChI=1S/C18H13FN4OS/c19-13-8-5-12(6-9-13)7-10-16-21-18(23-22-16)25-11-17-20-14-3-1-2-4-15(14)24-17/h1-10H,11H2,(H,21,22,23)/b10-7+. The Balaban J connectivity index is 1.40. The smallest absolute Gasteiger partial charge is 0.209 e. The quantitative estimate of drug-likeness (QED) is 0.534. The number of nitrogens with zero attached hydrogens (tertiary/aromatic N) is 3. The van der Waals surface area contributed by atoms with Crippen LogP contribution in [0, 0.1) is 5.82 Å². The van der Waals surface area contributed by atoms with Crippen molar-refractivity contribution >= 4 is 35.0 Å². The first kappa shape index (κ1) is 15.6. The van der Waals surface area contributed by atoms with E-state index in [1.807, 2.05) is 30.3 Å². The molecule has 2 heterocycles. The number of benzene rings is 2. The first-order valence-corrected chi connectivity index (χ1v) is 8.58. The third-order valence-corrected chi connectivity index (χ3v) is 4.28. The summed E-state index contributed by atoms with van der Waals surface area (Å²) in [6.07, 6.45) is 3.64. The van der Waals surface area contributed by atoms with Crippen molar-refractivity contribution < 1.29 is 8.81 Å².